The van der Waals surface area contributed by atoms with Crippen LogP contribution in [0.4, 0.5) is 6.01 Å². The van der Waals surface area contributed by atoms with E-state index in [-0.39, 0.29) is 24.4 Å². The van der Waals surface area contributed by atoms with Gasteiger partial charge in [-0.25, -0.2) is 0 Å². The second kappa shape index (κ2) is 10.1. The molecule has 5 rings (SSSR count). The van der Waals surface area contributed by atoms with Gasteiger partial charge >= 0.3 is 6.01 Å². The Bertz CT molecular complexity index is 1000. The van der Waals surface area contributed by atoms with Crippen molar-refractivity contribution >= 4 is 17.8 Å². The summed E-state index contributed by atoms with van der Waals surface area (Å²) in [4.78, 5) is 33.8. The van der Waals surface area contributed by atoms with Gasteiger partial charge in [0.25, 0.3) is 5.91 Å². The van der Waals surface area contributed by atoms with E-state index < -0.39 is 0 Å². The summed E-state index contributed by atoms with van der Waals surface area (Å²) in [5.74, 6) is 0.882. The lowest BCUT2D eigenvalue weighted by atomic mass is 9.83. The van der Waals surface area contributed by atoms with Crippen molar-refractivity contribution in [3.8, 4) is 0 Å². The van der Waals surface area contributed by atoms with Crippen LogP contribution >= 0.6 is 0 Å². The molecule has 3 heterocycles. The number of aromatic nitrogens is 2. The third kappa shape index (κ3) is 5.24. The average molecular weight is 467 g/mol. The first kappa shape index (κ1) is 22.8. The number of rotatable bonds is 7. The minimum Gasteiger partial charge on any atom is -0.349 e. The molecule has 3 aliphatic rings. The molecule has 34 heavy (non-hydrogen) atoms. The third-order valence-corrected chi connectivity index (χ3v) is 7.35. The van der Waals surface area contributed by atoms with Gasteiger partial charge in [0.05, 0.1) is 12.6 Å². The molecule has 0 atom stereocenters. The zero-order valence-corrected chi connectivity index (χ0v) is 19.8. The van der Waals surface area contributed by atoms with Crippen molar-refractivity contribution in [1.82, 2.24) is 25.7 Å². The summed E-state index contributed by atoms with van der Waals surface area (Å²) in [6.07, 6.45) is 6.77. The molecule has 1 aromatic heterocycles. The largest absolute Gasteiger partial charge is 0.349 e. The Hall–Kier alpha value is -2.94. The van der Waals surface area contributed by atoms with Crippen LogP contribution in [-0.2, 0) is 4.79 Å². The number of carbonyl (C=O) groups is 2. The average Bonchev–Trinajstić information content (AvgIpc) is 3.52. The van der Waals surface area contributed by atoms with Crippen molar-refractivity contribution in [2.24, 2.45) is 0 Å². The van der Waals surface area contributed by atoms with Gasteiger partial charge in [-0.05, 0) is 57.6 Å². The highest BCUT2D eigenvalue weighted by atomic mass is 16.5. The maximum Gasteiger partial charge on any atom is 0.324 e. The molecule has 2 saturated heterocycles. The maximum absolute atomic E-state index is 12.3. The van der Waals surface area contributed by atoms with Crippen molar-refractivity contribution in [2.75, 3.05) is 37.6 Å². The van der Waals surface area contributed by atoms with E-state index in [1.54, 1.807) is 6.07 Å². The van der Waals surface area contributed by atoms with Gasteiger partial charge < -0.3 is 20.1 Å². The summed E-state index contributed by atoms with van der Waals surface area (Å²) in [6, 6.07) is 8.74. The summed E-state index contributed by atoms with van der Waals surface area (Å²) in [5, 5.41) is 10.0. The van der Waals surface area contributed by atoms with Gasteiger partial charge in [-0.1, -0.05) is 22.9 Å². The molecule has 9 nitrogen and oxygen atoms in total. The Kier molecular flexibility index (Phi) is 6.80. The standard InChI is InChI=1S/C25H34N6O3/c1-17-5-4-6-19(13-17)24(33)26-14-22(32)27-20-15-31(16-20)21-9-7-18(8-10-21)23-28-25(34-29-23)30-11-2-3-12-30/h4-6,13,18,20-21H,2-3,7-12,14-16H2,1H3,(H,26,33)(H,27,32)/t18-,21+. The first-order valence-electron chi connectivity index (χ1n) is 12.5. The zero-order chi connectivity index (χ0) is 23.5. The summed E-state index contributed by atoms with van der Waals surface area (Å²) in [7, 11) is 0. The molecule has 1 saturated carbocycles. The molecule has 182 valence electrons. The van der Waals surface area contributed by atoms with Crippen LogP contribution in [-0.4, -0.2) is 71.7 Å². The van der Waals surface area contributed by atoms with Crippen LogP contribution in [0.2, 0.25) is 0 Å². The van der Waals surface area contributed by atoms with Crippen LogP contribution in [0.1, 0.15) is 66.2 Å². The van der Waals surface area contributed by atoms with Crippen molar-refractivity contribution < 1.29 is 14.1 Å². The van der Waals surface area contributed by atoms with Crippen molar-refractivity contribution in [3.05, 3.63) is 41.2 Å². The fourth-order valence-electron chi connectivity index (χ4n) is 5.36. The van der Waals surface area contributed by atoms with Gasteiger partial charge in [0.2, 0.25) is 5.91 Å². The molecule has 1 aliphatic carbocycles. The highest BCUT2D eigenvalue weighted by molar-refractivity contribution is 5.96. The van der Waals surface area contributed by atoms with Crippen LogP contribution in [0.3, 0.4) is 0 Å². The normalized spacial score (nSPS) is 23.5. The third-order valence-electron chi connectivity index (χ3n) is 7.35. The summed E-state index contributed by atoms with van der Waals surface area (Å²) in [5.41, 5.74) is 1.59. The van der Waals surface area contributed by atoms with Crippen molar-refractivity contribution in [3.63, 3.8) is 0 Å². The molecular weight excluding hydrogens is 432 g/mol. The number of nitrogens with zero attached hydrogens (tertiary/aromatic N) is 4. The number of benzene rings is 1. The van der Waals surface area contributed by atoms with Gasteiger partial charge in [0, 0.05) is 43.7 Å². The SMILES string of the molecule is Cc1cccc(C(=O)NCC(=O)NC2CN([C@H]3CC[C@@H](c4noc(N5CCCC5)n4)CC3)C2)c1. The predicted octanol–water partition coefficient (Wildman–Crippen LogP) is 2.23. The Morgan fingerprint density at radius 1 is 1.12 bits per heavy atom. The first-order valence-corrected chi connectivity index (χ1v) is 12.5. The van der Waals surface area contributed by atoms with E-state index in [0.717, 1.165) is 63.3 Å². The quantitative estimate of drug-likeness (QED) is 0.645. The molecule has 3 fully saturated rings. The van der Waals surface area contributed by atoms with Gasteiger partial charge in [0.15, 0.2) is 5.82 Å². The highest BCUT2D eigenvalue weighted by Gasteiger charge is 2.36. The van der Waals surface area contributed by atoms with E-state index >= 15 is 0 Å². The van der Waals surface area contributed by atoms with E-state index in [1.807, 2.05) is 25.1 Å². The van der Waals surface area contributed by atoms with Gasteiger partial charge in [-0.3, -0.25) is 14.5 Å². The molecule has 0 radical (unpaired) electrons. The van der Waals surface area contributed by atoms with Gasteiger partial charge in [-0.15, -0.1) is 0 Å². The van der Waals surface area contributed by atoms with Crippen molar-refractivity contribution in [2.45, 2.75) is 63.5 Å². The van der Waals surface area contributed by atoms with E-state index in [9.17, 15) is 9.59 Å². The van der Waals surface area contributed by atoms with Gasteiger partial charge in [0.1, 0.15) is 0 Å². The number of nitrogens with one attached hydrogen (secondary N) is 2. The monoisotopic (exact) mass is 466 g/mol. The lowest BCUT2D eigenvalue weighted by Gasteiger charge is -2.46. The lowest BCUT2D eigenvalue weighted by molar-refractivity contribution is -0.122. The second-order valence-corrected chi connectivity index (χ2v) is 9.91. The van der Waals surface area contributed by atoms with Crippen LogP contribution in [0.5, 0.6) is 0 Å². The highest BCUT2D eigenvalue weighted by Crippen LogP contribution is 2.35. The fourth-order valence-corrected chi connectivity index (χ4v) is 5.36. The van der Waals surface area contributed by atoms with Gasteiger partial charge in [-0.2, -0.15) is 4.98 Å². The molecule has 0 spiro atoms. The van der Waals surface area contributed by atoms with E-state index in [0.29, 0.717) is 23.5 Å². The van der Waals surface area contributed by atoms with Crippen LogP contribution in [0.25, 0.3) is 0 Å². The Labute approximate surface area is 200 Å². The molecule has 2 aromatic rings. The van der Waals surface area contributed by atoms with E-state index in [2.05, 4.69) is 30.6 Å². The minimum absolute atomic E-state index is 0.00149. The summed E-state index contributed by atoms with van der Waals surface area (Å²) in [6.45, 7) is 5.70. The number of hydrogen-bond donors (Lipinski definition) is 2. The zero-order valence-electron chi connectivity index (χ0n) is 19.8. The molecule has 9 heteroatoms. The van der Waals surface area contributed by atoms with E-state index in [1.165, 1.54) is 12.8 Å². The maximum atomic E-state index is 12.3. The number of amides is 2. The summed E-state index contributed by atoms with van der Waals surface area (Å²) < 4.78 is 5.51. The summed E-state index contributed by atoms with van der Waals surface area (Å²) >= 11 is 0. The molecule has 1 aromatic carbocycles. The molecule has 2 aliphatic heterocycles. The topological polar surface area (TPSA) is 104 Å². The smallest absolute Gasteiger partial charge is 0.324 e. The predicted molar refractivity (Wildman–Crippen MR) is 128 cm³/mol. The Morgan fingerprint density at radius 3 is 2.62 bits per heavy atom. The molecule has 0 bridgehead atoms. The number of anilines is 1. The number of aryl methyl sites for hydroxylation is 1. The number of carbonyl (C=O) groups excluding carboxylic acids is 2. The molecule has 2 amide bonds. The van der Waals surface area contributed by atoms with Crippen LogP contribution in [0.15, 0.2) is 28.8 Å². The first-order chi connectivity index (χ1) is 16.5. The molecule has 0 unspecified atom stereocenters. The van der Waals surface area contributed by atoms with Crippen molar-refractivity contribution in [1.29, 1.82) is 0 Å². The number of hydrogen-bond acceptors (Lipinski definition) is 7. The molecule has 2 N–H and O–H groups in total. The second-order valence-electron chi connectivity index (χ2n) is 9.91. The minimum atomic E-state index is -0.222. The van der Waals surface area contributed by atoms with Crippen LogP contribution in [0, 0.1) is 6.92 Å². The Morgan fingerprint density at radius 2 is 1.88 bits per heavy atom. The lowest BCUT2D eigenvalue weighted by Crippen LogP contribution is -2.63. The molecular formula is C25H34N6O3. The van der Waals surface area contributed by atoms with Crippen LogP contribution < -0.4 is 15.5 Å². The fraction of sp³-hybridized carbons (Fsp3) is 0.600. The Balaban J connectivity index is 0.998. The van der Waals surface area contributed by atoms with E-state index in [4.69, 9.17) is 4.52 Å². The number of likely N-dealkylation sites (tertiary alicyclic amines) is 1.